The minimum atomic E-state index is -0.649. The highest BCUT2D eigenvalue weighted by Crippen LogP contribution is 2.23. The van der Waals surface area contributed by atoms with Crippen molar-refractivity contribution < 1.29 is 14.4 Å². The molecule has 2 aliphatic rings. The fraction of sp³-hybridized carbons (Fsp3) is 0.500. The first kappa shape index (κ1) is 33.5. The SMILES string of the molecule is CNCCCCCC(=O)NC1CCN(C(=O)NC(Cc2ccc3ccccc3c2)C(=O)N2CCCC(Cc3ccccc3)C2)CC1. The Morgan fingerprint density at radius 1 is 0.804 bits per heavy atom. The lowest BCUT2D eigenvalue weighted by Crippen LogP contribution is -2.56. The first-order valence-electron chi connectivity index (χ1n) is 17.3. The molecule has 2 atom stereocenters. The lowest BCUT2D eigenvalue weighted by Gasteiger charge is -2.37. The van der Waals surface area contributed by atoms with Gasteiger partial charge in [-0.3, -0.25) is 9.59 Å². The molecule has 3 N–H and O–H groups in total. The van der Waals surface area contributed by atoms with Gasteiger partial charge in [-0.1, -0.05) is 79.2 Å². The summed E-state index contributed by atoms with van der Waals surface area (Å²) in [6.45, 7) is 3.51. The highest BCUT2D eigenvalue weighted by atomic mass is 16.2. The number of nitrogens with zero attached hydrogens (tertiary/aromatic N) is 2. The van der Waals surface area contributed by atoms with Gasteiger partial charge in [-0.2, -0.15) is 0 Å². The molecule has 2 aliphatic heterocycles. The standard InChI is InChI=1S/C38H51N5O3/c1-39-21-9-3-6-16-36(44)40-34-19-23-42(24-20-34)38(46)41-35(27-30-17-18-32-14-7-8-15-33(32)26-30)37(45)43-22-10-13-31(28-43)25-29-11-4-2-5-12-29/h2,4-5,7-8,11-12,14-15,17-18,26,31,34-35,39H,3,6,9-10,13,16,19-25,27-28H2,1H3,(H,40,44)(H,41,46). The predicted molar refractivity (Wildman–Crippen MR) is 185 cm³/mol. The minimum absolute atomic E-state index is 0.00358. The Hall–Kier alpha value is -3.91. The molecule has 246 valence electrons. The van der Waals surface area contributed by atoms with Gasteiger partial charge in [-0.25, -0.2) is 4.79 Å². The second-order valence-electron chi connectivity index (χ2n) is 13.1. The summed E-state index contributed by atoms with van der Waals surface area (Å²) in [5, 5.41) is 11.7. The second kappa shape index (κ2) is 17.1. The van der Waals surface area contributed by atoms with Gasteiger partial charge in [0.05, 0.1) is 0 Å². The Bertz CT molecular complexity index is 1420. The van der Waals surface area contributed by atoms with Crippen molar-refractivity contribution in [3.8, 4) is 0 Å². The predicted octanol–water partition coefficient (Wildman–Crippen LogP) is 5.30. The van der Waals surface area contributed by atoms with Crippen LogP contribution >= 0.6 is 0 Å². The Morgan fingerprint density at radius 2 is 1.57 bits per heavy atom. The van der Waals surface area contributed by atoms with Crippen molar-refractivity contribution in [2.24, 2.45) is 5.92 Å². The molecule has 2 fully saturated rings. The maximum Gasteiger partial charge on any atom is 0.318 e. The summed E-state index contributed by atoms with van der Waals surface area (Å²) >= 11 is 0. The molecule has 8 nitrogen and oxygen atoms in total. The average molecular weight is 626 g/mol. The number of nitrogens with one attached hydrogen (secondary N) is 3. The van der Waals surface area contributed by atoms with E-state index in [2.05, 4.69) is 70.5 Å². The van der Waals surface area contributed by atoms with Crippen LogP contribution in [0.15, 0.2) is 72.8 Å². The molecule has 2 saturated heterocycles. The van der Waals surface area contributed by atoms with Gasteiger partial charge in [0, 0.05) is 45.1 Å². The summed E-state index contributed by atoms with van der Waals surface area (Å²) < 4.78 is 0. The van der Waals surface area contributed by atoms with Crippen LogP contribution < -0.4 is 16.0 Å². The summed E-state index contributed by atoms with van der Waals surface area (Å²) in [6, 6.07) is 24.2. The smallest absolute Gasteiger partial charge is 0.318 e. The van der Waals surface area contributed by atoms with Gasteiger partial charge in [0.25, 0.3) is 0 Å². The fourth-order valence-corrected chi connectivity index (χ4v) is 6.93. The number of rotatable bonds is 13. The van der Waals surface area contributed by atoms with Crippen LogP contribution in [0.1, 0.15) is 62.5 Å². The molecule has 3 aromatic rings. The van der Waals surface area contributed by atoms with Crippen molar-refractivity contribution in [2.45, 2.75) is 76.3 Å². The van der Waals surface area contributed by atoms with Crippen molar-refractivity contribution >= 4 is 28.6 Å². The van der Waals surface area contributed by atoms with E-state index >= 15 is 0 Å². The van der Waals surface area contributed by atoms with Crippen LogP contribution in [0.3, 0.4) is 0 Å². The zero-order chi connectivity index (χ0) is 32.1. The van der Waals surface area contributed by atoms with Crippen LogP contribution in [0.25, 0.3) is 10.8 Å². The first-order valence-corrected chi connectivity index (χ1v) is 17.3. The molecule has 4 amide bonds. The van der Waals surface area contributed by atoms with Crippen LogP contribution in [0.5, 0.6) is 0 Å². The van der Waals surface area contributed by atoms with Gasteiger partial charge in [0.1, 0.15) is 6.04 Å². The summed E-state index contributed by atoms with van der Waals surface area (Å²) in [5.74, 6) is 0.497. The number of fused-ring (bicyclic) bond motifs is 1. The number of hydrogen-bond acceptors (Lipinski definition) is 4. The number of benzene rings is 3. The normalized spacial score (nSPS) is 17.9. The summed E-state index contributed by atoms with van der Waals surface area (Å²) in [7, 11) is 1.94. The minimum Gasteiger partial charge on any atom is -0.353 e. The molecule has 0 radical (unpaired) electrons. The maximum atomic E-state index is 14.1. The molecule has 0 aliphatic carbocycles. The third-order valence-corrected chi connectivity index (χ3v) is 9.53. The van der Waals surface area contributed by atoms with Crippen molar-refractivity contribution in [3.05, 3.63) is 83.9 Å². The van der Waals surface area contributed by atoms with E-state index in [1.54, 1.807) is 4.90 Å². The van der Waals surface area contributed by atoms with Gasteiger partial charge in [0.2, 0.25) is 11.8 Å². The topological polar surface area (TPSA) is 93.8 Å². The van der Waals surface area contributed by atoms with Gasteiger partial charge in [0.15, 0.2) is 0 Å². The Labute approximate surface area is 274 Å². The van der Waals surface area contributed by atoms with Crippen LogP contribution in [-0.4, -0.2) is 79.5 Å². The van der Waals surface area contributed by atoms with Crippen LogP contribution in [-0.2, 0) is 22.4 Å². The third kappa shape index (κ3) is 9.79. The first-order chi connectivity index (χ1) is 22.5. The lowest BCUT2D eigenvalue weighted by atomic mass is 9.90. The molecule has 2 unspecified atom stereocenters. The quantitative estimate of drug-likeness (QED) is 0.225. The van der Waals surface area contributed by atoms with Crippen molar-refractivity contribution in [1.29, 1.82) is 0 Å². The molecule has 3 aromatic carbocycles. The van der Waals surface area contributed by atoms with E-state index in [0.717, 1.165) is 80.8 Å². The van der Waals surface area contributed by atoms with Crippen LogP contribution in [0, 0.1) is 5.92 Å². The van der Waals surface area contributed by atoms with E-state index in [4.69, 9.17) is 0 Å². The highest BCUT2D eigenvalue weighted by molar-refractivity contribution is 5.88. The number of likely N-dealkylation sites (tertiary alicyclic amines) is 2. The molecule has 46 heavy (non-hydrogen) atoms. The van der Waals surface area contributed by atoms with Crippen molar-refractivity contribution in [2.75, 3.05) is 39.8 Å². The van der Waals surface area contributed by atoms with Gasteiger partial charge in [-0.05, 0) is 86.4 Å². The summed E-state index contributed by atoms with van der Waals surface area (Å²) in [5.41, 5.74) is 2.33. The molecule has 0 aromatic heterocycles. The van der Waals surface area contributed by atoms with Gasteiger partial charge >= 0.3 is 6.03 Å². The third-order valence-electron chi connectivity index (χ3n) is 9.53. The highest BCUT2D eigenvalue weighted by Gasteiger charge is 2.32. The zero-order valence-electron chi connectivity index (χ0n) is 27.4. The maximum absolute atomic E-state index is 14.1. The lowest BCUT2D eigenvalue weighted by molar-refractivity contribution is -0.135. The Kier molecular flexibility index (Phi) is 12.5. The van der Waals surface area contributed by atoms with E-state index < -0.39 is 6.04 Å². The molecule has 8 heteroatoms. The number of piperidine rings is 2. The Morgan fingerprint density at radius 3 is 2.35 bits per heavy atom. The average Bonchev–Trinajstić information content (AvgIpc) is 3.08. The van der Waals surface area contributed by atoms with E-state index in [1.165, 1.54) is 5.56 Å². The van der Waals surface area contributed by atoms with E-state index in [9.17, 15) is 14.4 Å². The van der Waals surface area contributed by atoms with Gasteiger partial charge in [-0.15, -0.1) is 0 Å². The summed E-state index contributed by atoms with van der Waals surface area (Å²) in [6.07, 6.45) is 8.45. The Balaban J connectivity index is 1.19. The van der Waals surface area contributed by atoms with E-state index in [1.807, 2.05) is 30.1 Å². The fourth-order valence-electron chi connectivity index (χ4n) is 6.93. The summed E-state index contributed by atoms with van der Waals surface area (Å²) in [4.78, 5) is 44.0. The zero-order valence-corrected chi connectivity index (χ0v) is 27.4. The number of amides is 4. The van der Waals surface area contributed by atoms with E-state index in [0.29, 0.717) is 38.4 Å². The monoisotopic (exact) mass is 625 g/mol. The van der Waals surface area contributed by atoms with Crippen LogP contribution in [0.4, 0.5) is 4.79 Å². The molecule has 0 spiro atoms. The molecule has 0 saturated carbocycles. The molecule has 5 rings (SSSR count). The molecule has 0 bridgehead atoms. The van der Waals surface area contributed by atoms with Gasteiger partial charge < -0.3 is 25.8 Å². The number of hydrogen-bond donors (Lipinski definition) is 3. The number of unbranched alkanes of at least 4 members (excludes halogenated alkanes) is 2. The number of urea groups is 1. The van der Waals surface area contributed by atoms with Crippen LogP contribution in [0.2, 0.25) is 0 Å². The molecule has 2 heterocycles. The van der Waals surface area contributed by atoms with Crippen molar-refractivity contribution in [1.82, 2.24) is 25.8 Å². The molecular formula is C38H51N5O3. The number of carbonyl (C=O) groups excluding carboxylic acids is 3. The molecular weight excluding hydrogens is 574 g/mol. The van der Waals surface area contributed by atoms with Crippen molar-refractivity contribution in [3.63, 3.8) is 0 Å². The van der Waals surface area contributed by atoms with E-state index in [-0.39, 0.29) is 23.9 Å². The largest absolute Gasteiger partial charge is 0.353 e. The number of carbonyl (C=O) groups is 3. The second-order valence-corrected chi connectivity index (χ2v) is 13.1.